The minimum atomic E-state index is -3.98. The third kappa shape index (κ3) is 8.46. The van der Waals surface area contributed by atoms with E-state index >= 15 is 0 Å². The molecule has 4 N–H and O–H groups in total. The third-order valence-corrected chi connectivity index (χ3v) is 8.39. The number of nitriles is 1. The molecule has 5 atom stereocenters. The van der Waals surface area contributed by atoms with Crippen LogP contribution in [-0.4, -0.2) is 64.8 Å². The SMILES string of the molecule is CCOC(=O)C(Cc1ccccc1)CP(=O)(O)C(C)NC(=O)CCC(N)C(=O)N1CCCC1C#N. The Balaban J connectivity index is 1.92. The summed E-state index contributed by atoms with van der Waals surface area (Å²) in [5.41, 5.74) is 6.77. The van der Waals surface area contributed by atoms with Crippen molar-refractivity contribution in [2.45, 2.75) is 63.8 Å². The Bertz CT molecular complexity index is 967. The minimum absolute atomic E-state index is 0.0429. The highest BCUT2D eigenvalue weighted by atomic mass is 31.2. The zero-order chi connectivity index (χ0) is 26.0. The van der Waals surface area contributed by atoms with E-state index in [0.29, 0.717) is 13.0 Å². The summed E-state index contributed by atoms with van der Waals surface area (Å²) in [6.45, 7) is 3.69. The van der Waals surface area contributed by atoms with Gasteiger partial charge in [-0.25, -0.2) is 0 Å². The Hall–Kier alpha value is -2.73. The molecule has 2 amide bonds. The van der Waals surface area contributed by atoms with Gasteiger partial charge in [-0.15, -0.1) is 0 Å². The number of benzene rings is 1. The van der Waals surface area contributed by atoms with Gasteiger partial charge in [0, 0.05) is 19.1 Å². The van der Waals surface area contributed by atoms with Crippen LogP contribution in [0.15, 0.2) is 30.3 Å². The fraction of sp³-hybridized carbons (Fsp3) is 0.583. The second-order valence-electron chi connectivity index (χ2n) is 8.78. The zero-order valence-corrected chi connectivity index (χ0v) is 21.2. The van der Waals surface area contributed by atoms with Crippen LogP contribution < -0.4 is 11.1 Å². The van der Waals surface area contributed by atoms with E-state index in [2.05, 4.69) is 11.4 Å². The van der Waals surface area contributed by atoms with Crippen LogP contribution in [0, 0.1) is 17.2 Å². The third-order valence-electron chi connectivity index (χ3n) is 6.09. The van der Waals surface area contributed by atoms with E-state index in [1.807, 2.05) is 30.3 Å². The van der Waals surface area contributed by atoms with Crippen molar-refractivity contribution in [2.75, 3.05) is 19.3 Å². The van der Waals surface area contributed by atoms with E-state index in [1.165, 1.54) is 11.8 Å². The first kappa shape index (κ1) is 28.5. The normalized spacial score (nSPS) is 19.6. The number of hydrogen-bond donors (Lipinski definition) is 3. The zero-order valence-electron chi connectivity index (χ0n) is 20.3. The quantitative estimate of drug-likeness (QED) is 0.285. The summed E-state index contributed by atoms with van der Waals surface area (Å²) in [6.07, 6.45) is 1.16. The molecule has 1 heterocycles. The van der Waals surface area contributed by atoms with Crippen LogP contribution in [0.4, 0.5) is 0 Å². The van der Waals surface area contributed by atoms with Gasteiger partial charge in [0.05, 0.1) is 24.6 Å². The lowest BCUT2D eigenvalue weighted by Crippen LogP contribution is -2.46. The van der Waals surface area contributed by atoms with Crippen molar-refractivity contribution >= 4 is 25.2 Å². The van der Waals surface area contributed by atoms with E-state index in [0.717, 1.165) is 12.0 Å². The van der Waals surface area contributed by atoms with Crippen molar-refractivity contribution in [1.82, 2.24) is 10.2 Å². The van der Waals surface area contributed by atoms with Crippen molar-refractivity contribution in [1.29, 1.82) is 5.26 Å². The molecule has 1 saturated heterocycles. The molecule has 1 fully saturated rings. The molecule has 0 aromatic heterocycles. The molecular formula is C24H35N4O6P. The average molecular weight is 507 g/mol. The summed E-state index contributed by atoms with van der Waals surface area (Å²) in [6, 6.07) is 9.77. The van der Waals surface area contributed by atoms with Gasteiger partial charge < -0.3 is 25.6 Å². The number of carbonyl (C=O) groups is 3. The van der Waals surface area contributed by atoms with Gasteiger partial charge in [0.25, 0.3) is 0 Å². The highest BCUT2D eigenvalue weighted by Crippen LogP contribution is 2.47. The standard InChI is InChI=1S/C24H35N4O6P/c1-3-34-24(31)19(14-18-8-5-4-6-9-18)16-35(32,33)17(2)27-22(29)12-11-21(26)23(30)28-13-7-10-20(28)15-25/h4-6,8-9,17,19-21H,3,7,10-14,16,26H2,1-2H3,(H,27,29)(H,32,33). The Labute approximate surface area is 206 Å². The number of rotatable bonds is 12. The van der Waals surface area contributed by atoms with Crippen molar-refractivity contribution in [3.63, 3.8) is 0 Å². The number of carbonyl (C=O) groups excluding carboxylic acids is 3. The van der Waals surface area contributed by atoms with E-state index in [9.17, 15) is 23.8 Å². The lowest BCUT2D eigenvalue weighted by Gasteiger charge is -2.25. The molecule has 35 heavy (non-hydrogen) atoms. The maximum Gasteiger partial charge on any atom is 0.309 e. The van der Waals surface area contributed by atoms with Gasteiger partial charge in [0.1, 0.15) is 11.8 Å². The highest BCUT2D eigenvalue weighted by molar-refractivity contribution is 7.58. The van der Waals surface area contributed by atoms with Crippen LogP contribution in [0.1, 0.15) is 45.1 Å². The molecule has 5 unspecified atom stereocenters. The topological polar surface area (TPSA) is 163 Å². The van der Waals surface area contributed by atoms with Gasteiger partial charge >= 0.3 is 5.97 Å². The Morgan fingerprint density at radius 3 is 2.66 bits per heavy atom. The monoisotopic (exact) mass is 506 g/mol. The summed E-state index contributed by atoms with van der Waals surface area (Å²) >= 11 is 0. The first-order chi connectivity index (χ1) is 16.6. The maximum absolute atomic E-state index is 13.1. The van der Waals surface area contributed by atoms with Crippen LogP contribution in [0.2, 0.25) is 0 Å². The van der Waals surface area contributed by atoms with Gasteiger partial charge in [-0.05, 0) is 45.1 Å². The number of amides is 2. The molecular weight excluding hydrogens is 471 g/mol. The van der Waals surface area contributed by atoms with Gasteiger partial charge in [-0.2, -0.15) is 5.26 Å². The fourth-order valence-corrected chi connectivity index (χ4v) is 5.62. The number of hydrogen-bond acceptors (Lipinski definition) is 7. The summed E-state index contributed by atoms with van der Waals surface area (Å²) in [5.74, 6) is -3.40. The van der Waals surface area contributed by atoms with Crippen molar-refractivity contribution in [3.05, 3.63) is 35.9 Å². The Kier molecular flexibility index (Phi) is 10.9. The van der Waals surface area contributed by atoms with E-state index in [4.69, 9.17) is 15.7 Å². The number of nitrogens with zero attached hydrogens (tertiary/aromatic N) is 2. The number of nitrogens with one attached hydrogen (secondary N) is 1. The second-order valence-corrected chi connectivity index (χ2v) is 11.4. The van der Waals surface area contributed by atoms with Gasteiger partial charge in [-0.3, -0.25) is 18.9 Å². The molecule has 1 aliphatic heterocycles. The smallest absolute Gasteiger partial charge is 0.309 e. The van der Waals surface area contributed by atoms with Crippen LogP contribution in [0.5, 0.6) is 0 Å². The van der Waals surface area contributed by atoms with Crippen molar-refractivity contribution in [2.24, 2.45) is 11.7 Å². The van der Waals surface area contributed by atoms with Gasteiger partial charge in [0.15, 0.2) is 0 Å². The minimum Gasteiger partial charge on any atom is -0.466 e. The van der Waals surface area contributed by atoms with Crippen molar-refractivity contribution < 1.29 is 28.6 Å². The molecule has 0 aliphatic carbocycles. The molecule has 11 heteroatoms. The molecule has 10 nitrogen and oxygen atoms in total. The molecule has 0 saturated carbocycles. The van der Waals surface area contributed by atoms with Crippen LogP contribution in [0.25, 0.3) is 0 Å². The van der Waals surface area contributed by atoms with Crippen LogP contribution in [-0.2, 0) is 30.1 Å². The molecule has 0 bridgehead atoms. The molecule has 1 aromatic carbocycles. The van der Waals surface area contributed by atoms with Crippen LogP contribution >= 0.6 is 7.37 Å². The summed E-state index contributed by atoms with van der Waals surface area (Å²) < 4.78 is 18.2. The average Bonchev–Trinajstić information content (AvgIpc) is 3.31. The Morgan fingerprint density at radius 2 is 2.03 bits per heavy atom. The van der Waals surface area contributed by atoms with Gasteiger partial charge in [-0.1, -0.05) is 30.3 Å². The predicted molar refractivity (Wildman–Crippen MR) is 130 cm³/mol. The summed E-state index contributed by atoms with van der Waals surface area (Å²) in [5, 5.41) is 11.6. The molecule has 192 valence electrons. The second kappa shape index (κ2) is 13.4. The first-order valence-electron chi connectivity index (χ1n) is 11.9. The van der Waals surface area contributed by atoms with E-state index in [-0.39, 0.29) is 37.9 Å². The summed E-state index contributed by atoms with van der Waals surface area (Å²) in [4.78, 5) is 49.5. The molecule has 1 aliphatic rings. The van der Waals surface area contributed by atoms with Gasteiger partial charge in [0.2, 0.25) is 19.2 Å². The largest absolute Gasteiger partial charge is 0.466 e. The lowest BCUT2D eigenvalue weighted by atomic mass is 10.0. The Morgan fingerprint density at radius 1 is 1.34 bits per heavy atom. The number of esters is 1. The highest BCUT2D eigenvalue weighted by Gasteiger charge is 2.36. The first-order valence-corrected chi connectivity index (χ1v) is 13.8. The molecule has 0 spiro atoms. The maximum atomic E-state index is 13.1. The number of likely N-dealkylation sites (tertiary alicyclic amines) is 1. The molecule has 1 aromatic rings. The van der Waals surface area contributed by atoms with E-state index < -0.39 is 43.0 Å². The molecule has 2 rings (SSSR count). The summed E-state index contributed by atoms with van der Waals surface area (Å²) in [7, 11) is -3.98. The fourth-order valence-electron chi connectivity index (χ4n) is 4.05. The van der Waals surface area contributed by atoms with Crippen molar-refractivity contribution in [3.8, 4) is 6.07 Å². The lowest BCUT2D eigenvalue weighted by molar-refractivity contribution is -0.147. The van der Waals surface area contributed by atoms with Crippen LogP contribution in [0.3, 0.4) is 0 Å². The number of ether oxygens (including phenoxy) is 1. The predicted octanol–water partition coefficient (Wildman–Crippen LogP) is 1.76. The number of nitrogens with two attached hydrogens (primary N) is 1. The molecule has 0 radical (unpaired) electrons. The van der Waals surface area contributed by atoms with E-state index in [1.54, 1.807) is 6.92 Å².